The van der Waals surface area contributed by atoms with Gasteiger partial charge in [0.15, 0.2) is 0 Å². The van der Waals surface area contributed by atoms with Crippen molar-refractivity contribution in [2.45, 2.75) is 20.8 Å². The summed E-state index contributed by atoms with van der Waals surface area (Å²) in [6, 6.07) is 22.6. The molecule has 0 unspecified atom stereocenters. The standard InChI is InChI=1S/C28H23N3O3/c1-17-8-11-23(12-9-17)31-27(33)25(26(32)29-28(31)34)16-22-14-18(2)30(19(22)3)24-13-10-20-6-4-5-7-21(20)15-24/h4-16H,1-3H3,(H,29,32,34)/b25-16+. The van der Waals surface area contributed by atoms with E-state index in [0.29, 0.717) is 5.69 Å². The van der Waals surface area contributed by atoms with E-state index in [9.17, 15) is 14.4 Å². The highest BCUT2D eigenvalue weighted by molar-refractivity contribution is 6.39. The minimum Gasteiger partial charge on any atom is -0.318 e. The van der Waals surface area contributed by atoms with Crippen molar-refractivity contribution in [1.82, 2.24) is 9.88 Å². The van der Waals surface area contributed by atoms with Crippen molar-refractivity contribution in [3.8, 4) is 5.69 Å². The van der Waals surface area contributed by atoms with Crippen molar-refractivity contribution in [3.05, 3.63) is 101 Å². The van der Waals surface area contributed by atoms with Crippen molar-refractivity contribution in [2.24, 2.45) is 0 Å². The molecule has 0 radical (unpaired) electrons. The van der Waals surface area contributed by atoms with Crippen LogP contribution in [0.2, 0.25) is 0 Å². The molecule has 4 aromatic rings. The van der Waals surface area contributed by atoms with Crippen LogP contribution in [0.15, 0.2) is 78.4 Å². The number of aryl methyl sites for hydroxylation is 2. The Kier molecular flexibility index (Phi) is 5.13. The molecule has 34 heavy (non-hydrogen) atoms. The lowest BCUT2D eigenvalue weighted by molar-refractivity contribution is -0.122. The molecule has 3 aromatic carbocycles. The van der Waals surface area contributed by atoms with Crippen molar-refractivity contribution >= 4 is 40.4 Å². The summed E-state index contributed by atoms with van der Waals surface area (Å²) in [5.41, 5.74) is 4.92. The largest absolute Gasteiger partial charge is 0.335 e. The maximum absolute atomic E-state index is 13.2. The van der Waals surface area contributed by atoms with E-state index >= 15 is 0 Å². The number of urea groups is 1. The Morgan fingerprint density at radius 3 is 2.18 bits per heavy atom. The van der Waals surface area contributed by atoms with E-state index in [1.165, 1.54) is 0 Å². The number of nitrogens with zero attached hydrogens (tertiary/aromatic N) is 2. The molecule has 0 bridgehead atoms. The van der Waals surface area contributed by atoms with E-state index in [4.69, 9.17) is 0 Å². The van der Waals surface area contributed by atoms with Crippen molar-refractivity contribution < 1.29 is 14.4 Å². The van der Waals surface area contributed by atoms with Gasteiger partial charge in [-0.3, -0.25) is 14.9 Å². The van der Waals surface area contributed by atoms with Crippen LogP contribution in [0.5, 0.6) is 0 Å². The van der Waals surface area contributed by atoms with Gasteiger partial charge in [0.25, 0.3) is 11.8 Å². The fraction of sp³-hybridized carbons (Fsp3) is 0.107. The second kappa shape index (κ2) is 8.15. The summed E-state index contributed by atoms with van der Waals surface area (Å²) in [6.07, 6.45) is 1.56. The van der Waals surface area contributed by atoms with Crippen LogP contribution in [0, 0.1) is 20.8 Å². The minimum atomic E-state index is -0.752. The molecule has 1 aliphatic rings. The SMILES string of the molecule is Cc1ccc(N2C(=O)NC(=O)/C(=C\c3cc(C)n(-c4ccc5ccccc5c4)c3C)C2=O)cc1. The summed E-state index contributed by atoms with van der Waals surface area (Å²) in [5.74, 6) is -1.35. The van der Waals surface area contributed by atoms with Gasteiger partial charge < -0.3 is 4.57 Å². The van der Waals surface area contributed by atoms with E-state index in [1.807, 2.05) is 51.1 Å². The number of hydrogen-bond acceptors (Lipinski definition) is 3. The lowest BCUT2D eigenvalue weighted by Crippen LogP contribution is -2.54. The first-order valence-corrected chi connectivity index (χ1v) is 11.0. The van der Waals surface area contributed by atoms with Gasteiger partial charge in [-0.05, 0) is 73.5 Å². The summed E-state index contributed by atoms with van der Waals surface area (Å²) >= 11 is 0. The molecule has 1 saturated heterocycles. The van der Waals surface area contributed by atoms with E-state index in [1.54, 1.807) is 18.2 Å². The van der Waals surface area contributed by atoms with Crippen LogP contribution >= 0.6 is 0 Å². The Bertz CT molecular complexity index is 1510. The van der Waals surface area contributed by atoms with Gasteiger partial charge in [0.1, 0.15) is 5.57 Å². The molecule has 0 saturated carbocycles. The van der Waals surface area contributed by atoms with E-state index in [0.717, 1.165) is 43.9 Å². The molecule has 0 aliphatic carbocycles. The highest BCUT2D eigenvalue weighted by atomic mass is 16.2. The Balaban J connectivity index is 1.56. The van der Waals surface area contributed by atoms with E-state index < -0.39 is 17.8 Å². The predicted molar refractivity (Wildman–Crippen MR) is 133 cm³/mol. The summed E-state index contributed by atoms with van der Waals surface area (Å²) in [5, 5.41) is 4.57. The fourth-order valence-corrected chi connectivity index (χ4v) is 4.39. The third kappa shape index (κ3) is 3.59. The van der Waals surface area contributed by atoms with Gasteiger partial charge in [-0.25, -0.2) is 9.69 Å². The Labute approximate surface area is 197 Å². The molecule has 6 heteroatoms. The quantitative estimate of drug-likeness (QED) is 0.344. The molecule has 0 atom stereocenters. The Hall–Kier alpha value is -4.45. The molecule has 168 valence electrons. The van der Waals surface area contributed by atoms with Crippen LogP contribution in [-0.2, 0) is 9.59 Å². The number of amides is 4. The van der Waals surface area contributed by atoms with Crippen LogP contribution in [0.3, 0.4) is 0 Å². The lowest BCUT2D eigenvalue weighted by atomic mass is 10.1. The average molecular weight is 450 g/mol. The number of benzene rings is 3. The number of hydrogen-bond donors (Lipinski definition) is 1. The number of carbonyl (C=O) groups excluding carboxylic acids is 3. The zero-order valence-electron chi connectivity index (χ0n) is 19.1. The molecule has 1 aromatic heterocycles. The zero-order valence-corrected chi connectivity index (χ0v) is 19.1. The zero-order chi connectivity index (χ0) is 24.0. The number of rotatable bonds is 3. The molecular weight excluding hydrogens is 426 g/mol. The van der Waals surface area contributed by atoms with Crippen LogP contribution in [-0.4, -0.2) is 22.4 Å². The van der Waals surface area contributed by atoms with E-state index in [-0.39, 0.29) is 5.57 Å². The Morgan fingerprint density at radius 2 is 1.44 bits per heavy atom. The third-order valence-electron chi connectivity index (χ3n) is 6.16. The van der Waals surface area contributed by atoms with Crippen molar-refractivity contribution in [1.29, 1.82) is 0 Å². The molecule has 5 rings (SSSR count). The highest BCUT2D eigenvalue weighted by Gasteiger charge is 2.37. The monoisotopic (exact) mass is 449 g/mol. The summed E-state index contributed by atoms with van der Waals surface area (Å²) in [7, 11) is 0. The maximum Gasteiger partial charge on any atom is 0.335 e. The van der Waals surface area contributed by atoms with Gasteiger partial charge in [0, 0.05) is 17.1 Å². The second-order valence-corrected chi connectivity index (χ2v) is 8.49. The molecule has 6 nitrogen and oxygen atoms in total. The topological polar surface area (TPSA) is 71.4 Å². The molecular formula is C28H23N3O3. The number of anilines is 1. The average Bonchev–Trinajstić information content (AvgIpc) is 3.10. The van der Waals surface area contributed by atoms with Gasteiger partial charge in [-0.2, -0.15) is 0 Å². The van der Waals surface area contributed by atoms with Gasteiger partial charge in [-0.15, -0.1) is 0 Å². The number of fused-ring (bicyclic) bond motifs is 1. The summed E-state index contributed by atoms with van der Waals surface area (Å²) in [6.45, 7) is 5.85. The number of nitrogens with one attached hydrogen (secondary N) is 1. The molecule has 4 amide bonds. The first-order chi connectivity index (χ1) is 16.3. The molecule has 2 heterocycles. The molecule has 0 spiro atoms. The minimum absolute atomic E-state index is 0.0843. The summed E-state index contributed by atoms with van der Waals surface area (Å²) in [4.78, 5) is 39.3. The molecule has 1 aliphatic heterocycles. The van der Waals surface area contributed by atoms with E-state index in [2.05, 4.69) is 40.2 Å². The molecule has 1 fully saturated rings. The number of carbonyl (C=O) groups is 3. The van der Waals surface area contributed by atoms with Crippen LogP contribution < -0.4 is 10.2 Å². The highest BCUT2D eigenvalue weighted by Crippen LogP contribution is 2.27. The first kappa shape index (κ1) is 21.4. The lowest BCUT2D eigenvalue weighted by Gasteiger charge is -2.26. The van der Waals surface area contributed by atoms with Crippen molar-refractivity contribution in [2.75, 3.05) is 4.90 Å². The summed E-state index contributed by atoms with van der Waals surface area (Å²) < 4.78 is 2.09. The number of barbiturate groups is 1. The number of imide groups is 2. The van der Waals surface area contributed by atoms with Gasteiger partial charge >= 0.3 is 6.03 Å². The fourth-order valence-electron chi connectivity index (χ4n) is 4.39. The smallest absolute Gasteiger partial charge is 0.318 e. The van der Waals surface area contributed by atoms with Gasteiger partial charge in [0.05, 0.1) is 5.69 Å². The van der Waals surface area contributed by atoms with Crippen LogP contribution in [0.25, 0.3) is 22.5 Å². The van der Waals surface area contributed by atoms with Crippen molar-refractivity contribution in [3.63, 3.8) is 0 Å². The Morgan fingerprint density at radius 1 is 0.765 bits per heavy atom. The van der Waals surface area contributed by atoms with Gasteiger partial charge in [-0.1, -0.05) is 48.0 Å². The van der Waals surface area contributed by atoms with Gasteiger partial charge in [0.2, 0.25) is 0 Å². The molecule has 1 N–H and O–H groups in total. The normalized spacial score (nSPS) is 15.3. The van der Waals surface area contributed by atoms with Crippen LogP contribution in [0.4, 0.5) is 10.5 Å². The number of aromatic nitrogens is 1. The second-order valence-electron chi connectivity index (χ2n) is 8.49. The van der Waals surface area contributed by atoms with Crippen LogP contribution in [0.1, 0.15) is 22.5 Å². The third-order valence-corrected chi connectivity index (χ3v) is 6.16. The predicted octanol–water partition coefficient (Wildman–Crippen LogP) is 5.22. The maximum atomic E-state index is 13.2. The first-order valence-electron chi connectivity index (χ1n) is 11.0.